The third kappa shape index (κ3) is 6.28. The molecule has 1 aromatic heterocycles. The van der Waals surface area contributed by atoms with Gasteiger partial charge in [0.1, 0.15) is 16.3 Å². The van der Waals surface area contributed by atoms with Crippen LogP contribution in [0.25, 0.3) is 0 Å². The second-order valence-corrected chi connectivity index (χ2v) is 8.66. The van der Waals surface area contributed by atoms with E-state index in [0.29, 0.717) is 0 Å². The fourth-order valence-corrected chi connectivity index (χ4v) is 2.08. The van der Waals surface area contributed by atoms with Crippen molar-refractivity contribution in [2.24, 2.45) is 0 Å². The Morgan fingerprint density at radius 2 is 1.62 bits per heavy atom. The maximum absolute atomic E-state index is 14.3. The molecule has 0 aliphatic heterocycles. The van der Waals surface area contributed by atoms with Crippen molar-refractivity contribution in [3.05, 3.63) is 21.7 Å². The number of pyridine rings is 1. The molecule has 0 bridgehead atoms. The summed E-state index contributed by atoms with van der Waals surface area (Å²) in [4.78, 5) is 39.0. The number of nitrogens with zero attached hydrogens (tertiary/aromatic N) is 1. The summed E-state index contributed by atoms with van der Waals surface area (Å²) in [6.45, 7) is 4.66. The van der Waals surface area contributed by atoms with Gasteiger partial charge >= 0.3 is 12.0 Å². The number of carbonyl (C=O) groups excluding carboxylic acids is 3. The first-order chi connectivity index (χ1) is 11.6. The van der Waals surface area contributed by atoms with Crippen molar-refractivity contribution in [1.82, 2.24) is 10.3 Å². The summed E-state index contributed by atoms with van der Waals surface area (Å²) in [5, 5.41) is 2.27. The van der Waals surface area contributed by atoms with E-state index in [2.05, 4.69) is 4.98 Å². The summed E-state index contributed by atoms with van der Waals surface area (Å²) in [5.41, 5.74) is -2.33. The van der Waals surface area contributed by atoms with Gasteiger partial charge in [-0.3, -0.25) is 10.1 Å². The molecular weight excluding hydrogens is 458 g/mol. The molecule has 0 saturated carbocycles. The number of aromatic nitrogens is 1. The van der Waals surface area contributed by atoms with E-state index >= 15 is 0 Å². The number of alkyl halides is 3. The first-order valence-electron chi connectivity index (χ1n) is 6.60. The Bertz CT molecular complexity index is 762. The molecule has 26 heavy (non-hydrogen) atoms. The van der Waals surface area contributed by atoms with Crippen molar-refractivity contribution in [2.75, 3.05) is 5.32 Å². The third-order valence-electron chi connectivity index (χ3n) is 2.38. The number of amides is 3. The standard InChI is InChI=1S/C13H11Cl5FN3O4/c1-12(2,3)26-9(23)4-6(5(19)8(15)21-7(4)14)20-11(25)22-10(24)13(16,17)18/h1-3H3,(H2,20,21,22,24,25). The van der Waals surface area contributed by atoms with Gasteiger partial charge < -0.3 is 10.1 Å². The van der Waals surface area contributed by atoms with Crippen LogP contribution in [0.15, 0.2) is 0 Å². The van der Waals surface area contributed by atoms with Gasteiger partial charge in [-0.2, -0.15) is 0 Å². The van der Waals surface area contributed by atoms with Crippen LogP contribution >= 0.6 is 58.0 Å². The maximum atomic E-state index is 14.3. The first kappa shape index (κ1) is 23.0. The van der Waals surface area contributed by atoms with Crippen molar-refractivity contribution in [3.63, 3.8) is 0 Å². The number of carbonyl (C=O) groups is 3. The zero-order valence-corrected chi connectivity index (χ0v) is 17.1. The Balaban J connectivity index is 3.27. The molecule has 13 heteroatoms. The monoisotopic (exact) mass is 467 g/mol. The third-order valence-corrected chi connectivity index (χ3v) is 3.42. The minimum atomic E-state index is -2.45. The molecule has 0 aliphatic rings. The van der Waals surface area contributed by atoms with Gasteiger partial charge in [-0.05, 0) is 20.8 Å². The summed E-state index contributed by atoms with van der Waals surface area (Å²) < 4.78 is 16.9. The molecule has 0 spiro atoms. The Morgan fingerprint density at radius 3 is 2.08 bits per heavy atom. The lowest BCUT2D eigenvalue weighted by Gasteiger charge is -2.21. The van der Waals surface area contributed by atoms with Crippen LogP contribution in [0.4, 0.5) is 14.9 Å². The number of esters is 1. The highest BCUT2D eigenvalue weighted by atomic mass is 35.6. The van der Waals surface area contributed by atoms with Crippen LogP contribution in [0.3, 0.4) is 0 Å². The highest BCUT2D eigenvalue weighted by Crippen LogP contribution is 2.32. The molecule has 7 nitrogen and oxygen atoms in total. The molecule has 0 saturated heterocycles. The van der Waals surface area contributed by atoms with Crippen molar-refractivity contribution in [2.45, 2.75) is 30.2 Å². The summed E-state index contributed by atoms with van der Waals surface area (Å²) in [6, 6.07) is -1.32. The van der Waals surface area contributed by atoms with Gasteiger partial charge in [0.15, 0.2) is 11.0 Å². The van der Waals surface area contributed by atoms with Crippen LogP contribution in [0, 0.1) is 5.82 Å². The molecule has 0 fully saturated rings. The molecule has 0 unspecified atom stereocenters. The quantitative estimate of drug-likeness (QED) is 0.378. The molecule has 1 heterocycles. The summed E-state index contributed by atoms with van der Waals surface area (Å²) >= 11 is 27.3. The first-order valence-corrected chi connectivity index (χ1v) is 8.49. The van der Waals surface area contributed by atoms with Crippen molar-refractivity contribution in [3.8, 4) is 0 Å². The number of hydrogen-bond acceptors (Lipinski definition) is 5. The predicted molar refractivity (Wildman–Crippen MR) is 96.8 cm³/mol. The molecule has 0 atom stereocenters. The predicted octanol–water partition coefficient (Wildman–Crippen LogP) is 4.50. The minimum Gasteiger partial charge on any atom is -0.456 e. The zero-order chi connectivity index (χ0) is 20.4. The Morgan fingerprint density at radius 1 is 1.08 bits per heavy atom. The van der Waals surface area contributed by atoms with Crippen molar-refractivity contribution < 1.29 is 23.5 Å². The molecule has 0 aliphatic carbocycles. The van der Waals surface area contributed by atoms with Gasteiger partial charge in [-0.1, -0.05) is 58.0 Å². The average molecular weight is 470 g/mol. The zero-order valence-electron chi connectivity index (χ0n) is 13.3. The van der Waals surface area contributed by atoms with Gasteiger partial charge in [-0.25, -0.2) is 19.0 Å². The van der Waals surface area contributed by atoms with E-state index in [1.807, 2.05) is 5.32 Å². The van der Waals surface area contributed by atoms with Crippen LogP contribution in [0.5, 0.6) is 0 Å². The van der Waals surface area contributed by atoms with E-state index < -0.39 is 54.7 Å². The molecule has 0 radical (unpaired) electrons. The molecule has 3 amide bonds. The number of imide groups is 1. The van der Waals surface area contributed by atoms with Crippen LogP contribution in [-0.4, -0.2) is 32.3 Å². The van der Waals surface area contributed by atoms with Crippen LogP contribution in [0.2, 0.25) is 10.3 Å². The Labute approximate surface area is 172 Å². The van der Waals surface area contributed by atoms with Crippen LogP contribution in [0.1, 0.15) is 31.1 Å². The number of urea groups is 1. The summed E-state index contributed by atoms with van der Waals surface area (Å²) in [7, 11) is 0. The van der Waals surface area contributed by atoms with E-state index in [1.165, 1.54) is 0 Å². The van der Waals surface area contributed by atoms with Gasteiger partial charge in [0.2, 0.25) is 0 Å². The maximum Gasteiger partial charge on any atom is 0.344 e. The lowest BCUT2D eigenvalue weighted by atomic mass is 10.1. The van der Waals surface area contributed by atoms with Crippen LogP contribution in [-0.2, 0) is 9.53 Å². The summed E-state index contributed by atoms with van der Waals surface area (Å²) in [6.07, 6.45) is 0. The molecule has 2 N–H and O–H groups in total. The lowest BCUT2D eigenvalue weighted by Crippen LogP contribution is -2.41. The molecule has 144 valence electrons. The highest BCUT2D eigenvalue weighted by Gasteiger charge is 2.33. The molecule has 1 rings (SSSR count). The smallest absolute Gasteiger partial charge is 0.344 e. The van der Waals surface area contributed by atoms with Gasteiger partial charge in [-0.15, -0.1) is 0 Å². The second kappa shape index (κ2) is 8.31. The fraction of sp³-hybridized carbons (Fsp3) is 0.385. The number of ether oxygens (including phenoxy) is 1. The normalized spacial score (nSPS) is 11.7. The number of nitrogens with one attached hydrogen (secondary N) is 2. The number of hydrogen-bond donors (Lipinski definition) is 2. The second-order valence-electron chi connectivity index (χ2n) is 5.67. The van der Waals surface area contributed by atoms with E-state index in [1.54, 1.807) is 26.1 Å². The molecular formula is C13H11Cl5FN3O4. The van der Waals surface area contributed by atoms with Crippen LogP contribution < -0.4 is 10.6 Å². The van der Waals surface area contributed by atoms with Gasteiger partial charge in [0.25, 0.3) is 9.70 Å². The molecule has 1 aromatic rings. The Kier molecular flexibility index (Phi) is 7.34. The van der Waals surface area contributed by atoms with Gasteiger partial charge in [0, 0.05) is 0 Å². The Hall–Kier alpha value is -1.06. The minimum absolute atomic E-state index is 0.534. The summed E-state index contributed by atoms with van der Waals surface area (Å²) in [5.74, 6) is -3.69. The van der Waals surface area contributed by atoms with Crippen molar-refractivity contribution in [1.29, 1.82) is 0 Å². The number of anilines is 1. The largest absolute Gasteiger partial charge is 0.456 e. The lowest BCUT2D eigenvalue weighted by molar-refractivity contribution is -0.119. The van der Waals surface area contributed by atoms with E-state index in [0.717, 1.165) is 0 Å². The average Bonchev–Trinajstić information content (AvgIpc) is 2.41. The topological polar surface area (TPSA) is 97.4 Å². The number of halogens is 6. The van der Waals surface area contributed by atoms with E-state index in [9.17, 15) is 18.8 Å². The highest BCUT2D eigenvalue weighted by molar-refractivity contribution is 6.76. The fourth-order valence-electron chi connectivity index (χ4n) is 1.46. The van der Waals surface area contributed by atoms with Crippen molar-refractivity contribution >= 4 is 81.6 Å². The molecule has 0 aromatic carbocycles. The SMILES string of the molecule is CC(C)(C)OC(=O)c1c(Cl)nc(Cl)c(F)c1NC(=O)NC(=O)C(Cl)(Cl)Cl. The van der Waals surface area contributed by atoms with Gasteiger partial charge in [0.05, 0.1) is 5.69 Å². The number of rotatable bonds is 2. The van der Waals surface area contributed by atoms with E-state index in [4.69, 9.17) is 62.7 Å². The van der Waals surface area contributed by atoms with E-state index in [-0.39, 0.29) is 0 Å².